The molecular weight excluding hydrogens is 300 g/mol. The number of nitrogens with zero attached hydrogens (tertiary/aromatic N) is 2. The average Bonchev–Trinajstić information content (AvgIpc) is 3.03. The van der Waals surface area contributed by atoms with Gasteiger partial charge < -0.3 is 10.1 Å². The Morgan fingerprint density at radius 1 is 1.30 bits per heavy atom. The van der Waals surface area contributed by atoms with Crippen LogP contribution in [0.1, 0.15) is 10.4 Å². The number of methoxy groups -OCH3 is 1. The van der Waals surface area contributed by atoms with E-state index in [1.54, 1.807) is 18.3 Å². The molecule has 3 rings (SSSR count). The molecule has 8 nitrogen and oxygen atoms in total. The molecule has 8 heteroatoms. The number of para-hydroxylation sites is 1. The van der Waals surface area contributed by atoms with Gasteiger partial charge in [-0.2, -0.15) is 5.10 Å². The van der Waals surface area contributed by atoms with Crippen LogP contribution in [0.25, 0.3) is 10.9 Å². The van der Waals surface area contributed by atoms with Gasteiger partial charge in [-0.15, -0.1) is 0 Å². The summed E-state index contributed by atoms with van der Waals surface area (Å²) in [4.78, 5) is 22.6. The predicted octanol–water partition coefficient (Wildman–Crippen LogP) is 3.00. The average molecular weight is 312 g/mol. The number of nitrogens with one attached hydrogen (secondary N) is 2. The third-order valence-electron chi connectivity index (χ3n) is 3.39. The number of hydrogen-bond donors (Lipinski definition) is 2. The van der Waals surface area contributed by atoms with Gasteiger partial charge in [0, 0.05) is 17.1 Å². The van der Waals surface area contributed by atoms with Gasteiger partial charge >= 0.3 is 5.97 Å². The standard InChI is InChI=1S/C15H12N4O4/c1-23-15(20)9-4-2-7-13(19(21)22)14(9)17-11-5-3-6-12-10(11)8-16-18-12/h2-8,17H,1H3,(H,16,18). The summed E-state index contributed by atoms with van der Waals surface area (Å²) in [7, 11) is 1.22. The molecule has 0 unspecified atom stereocenters. The summed E-state index contributed by atoms with van der Waals surface area (Å²) in [5.74, 6) is -0.657. The number of carbonyl (C=O) groups excluding carboxylic acids is 1. The van der Waals surface area contributed by atoms with Crippen LogP contribution in [0.2, 0.25) is 0 Å². The topological polar surface area (TPSA) is 110 Å². The molecule has 1 heterocycles. The number of fused-ring (bicyclic) bond motifs is 1. The van der Waals surface area contributed by atoms with E-state index in [9.17, 15) is 14.9 Å². The number of carbonyl (C=O) groups is 1. The first-order chi connectivity index (χ1) is 11.1. The lowest BCUT2D eigenvalue weighted by Gasteiger charge is -2.11. The lowest BCUT2D eigenvalue weighted by molar-refractivity contribution is -0.383. The van der Waals surface area contributed by atoms with Crippen molar-refractivity contribution in [2.75, 3.05) is 12.4 Å². The Bertz CT molecular complexity index is 903. The van der Waals surface area contributed by atoms with Crippen molar-refractivity contribution in [2.24, 2.45) is 0 Å². The van der Waals surface area contributed by atoms with E-state index in [1.807, 2.05) is 6.07 Å². The minimum atomic E-state index is -0.657. The summed E-state index contributed by atoms with van der Waals surface area (Å²) in [6.45, 7) is 0. The van der Waals surface area contributed by atoms with Crippen molar-refractivity contribution in [1.82, 2.24) is 10.2 Å². The zero-order valence-electron chi connectivity index (χ0n) is 12.1. The number of esters is 1. The van der Waals surface area contributed by atoms with E-state index >= 15 is 0 Å². The first-order valence-corrected chi connectivity index (χ1v) is 6.66. The highest BCUT2D eigenvalue weighted by molar-refractivity contribution is 6.01. The molecule has 0 atom stereocenters. The van der Waals surface area contributed by atoms with Crippen molar-refractivity contribution in [3.8, 4) is 0 Å². The molecule has 1 aromatic heterocycles. The molecule has 3 aromatic rings. The zero-order chi connectivity index (χ0) is 16.4. The molecule has 23 heavy (non-hydrogen) atoms. The second-order valence-electron chi connectivity index (χ2n) is 4.71. The SMILES string of the molecule is COC(=O)c1cccc([N+](=O)[O-])c1Nc1cccc2[nH]ncc12. The largest absolute Gasteiger partial charge is 0.465 e. The maximum atomic E-state index is 11.9. The van der Waals surface area contributed by atoms with E-state index in [1.165, 1.54) is 25.3 Å². The van der Waals surface area contributed by atoms with E-state index in [-0.39, 0.29) is 16.9 Å². The molecule has 0 saturated carbocycles. The van der Waals surface area contributed by atoms with Gasteiger partial charge in [-0.1, -0.05) is 12.1 Å². The molecule has 116 valence electrons. The van der Waals surface area contributed by atoms with Crippen molar-refractivity contribution in [1.29, 1.82) is 0 Å². The molecule has 0 fully saturated rings. The fraction of sp³-hybridized carbons (Fsp3) is 0.0667. The van der Waals surface area contributed by atoms with Crippen LogP contribution in [0.15, 0.2) is 42.6 Å². The van der Waals surface area contributed by atoms with Gasteiger partial charge in [0.2, 0.25) is 0 Å². The molecule has 0 aliphatic heterocycles. The first-order valence-electron chi connectivity index (χ1n) is 6.66. The quantitative estimate of drug-likeness (QED) is 0.435. The number of rotatable bonds is 4. The van der Waals surface area contributed by atoms with E-state index in [2.05, 4.69) is 15.5 Å². The van der Waals surface area contributed by atoms with Crippen LogP contribution in [0.5, 0.6) is 0 Å². The van der Waals surface area contributed by atoms with Gasteiger partial charge in [-0.3, -0.25) is 15.2 Å². The molecule has 2 aromatic carbocycles. The van der Waals surface area contributed by atoms with Gasteiger partial charge in [-0.05, 0) is 18.2 Å². The van der Waals surface area contributed by atoms with Gasteiger partial charge in [0.05, 0.1) is 29.3 Å². The number of nitro benzene ring substituents is 1. The number of aromatic nitrogens is 2. The van der Waals surface area contributed by atoms with Crippen LogP contribution in [0.3, 0.4) is 0 Å². The third-order valence-corrected chi connectivity index (χ3v) is 3.39. The summed E-state index contributed by atoms with van der Waals surface area (Å²) >= 11 is 0. The van der Waals surface area contributed by atoms with Crippen molar-refractivity contribution >= 4 is 33.9 Å². The number of hydrogen-bond acceptors (Lipinski definition) is 6. The normalized spacial score (nSPS) is 10.5. The van der Waals surface area contributed by atoms with E-state index in [0.29, 0.717) is 5.69 Å². The Kier molecular flexibility index (Phi) is 3.63. The molecule has 0 bridgehead atoms. The minimum absolute atomic E-state index is 0.0815. The molecule has 0 spiro atoms. The van der Waals surface area contributed by atoms with E-state index in [0.717, 1.165) is 10.9 Å². The highest BCUT2D eigenvalue weighted by Crippen LogP contribution is 2.34. The highest BCUT2D eigenvalue weighted by Gasteiger charge is 2.22. The molecule has 0 radical (unpaired) electrons. The highest BCUT2D eigenvalue weighted by atomic mass is 16.6. The summed E-state index contributed by atoms with van der Waals surface area (Å²) in [6.07, 6.45) is 1.60. The smallest absolute Gasteiger partial charge is 0.340 e. The van der Waals surface area contributed by atoms with E-state index < -0.39 is 10.9 Å². The summed E-state index contributed by atoms with van der Waals surface area (Å²) in [5.41, 5.74) is 1.32. The van der Waals surface area contributed by atoms with Gasteiger partial charge in [0.25, 0.3) is 5.69 Å². The lowest BCUT2D eigenvalue weighted by atomic mass is 10.1. The summed E-state index contributed by atoms with van der Waals surface area (Å²) in [5, 5.41) is 21.8. The Labute approximate surface area is 130 Å². The predicted molar refractivity (Wildman–Crippen MR) is 83.8 cm³/mol. The zero-order valence-corrected chi connectivity index (χ0v) is 12.1. The Balaban J connectivity index is 2.16. The molecular formula is C15H12N4O4. The lowest BCUT2D eigenvalue weighted by Crippen LogP contribution is -2.08. The first kappa shape index (κ1) is 14.5. The summed E-state index contributed by atoms with van der Waals surface area (Å²) < 4.78 is 4.70. The maximum Gasteiger partial charge on any atom is 0.340 e. The van der Waals surface area contributed by atoms with E-state index in [4.69, 9.17) is 4.74 Å². The third kappa shape index (κ3) is 2.57. The molecule has 0 amide bonds. The maximum absolute atomic E-state index is 11.9. The number of benzene rings is 2. The van der Waals surface area contributed by atoms with Gasteiger partial charge in [0.1, 0.15) is 5.69 Å². The van der Waals surface area contributed by atoms with Crippen LogP contribution >= 0.6 is 0 Å². The molecule has 0 aliphatic carbocycles. The van der Waals surface area contributed by atoms with Gasteiger partial charge in [0.15, 0.2) is 0 Å². The molecule has 0 aliphatic rings. The number of nitro groups is 1. The number of ether oxygens (including phenoxy) is 1. The fourth-order valence-corrected chi connectivity index (χ4v) is 2.32. The van der Waals surface area contributed by atoms with Crippen molar-refractivity contribution in [2.45, 2.75) is 0 Å². The van der Waals surface area contributed by atoms with Crippen molar-refractivity contribution in [3.05, 3.63) is 58.3 Å². The Hall–Kier alpha value is -3.42. The van der Waals surface area contributed by atoms with Crippen LogP contribution < -0.4 is 5.32 Å². The van der Waals surface area contributed by atoms with Crippen LogP contribution in [-0.2, 0) is 4.74 Å². The van der Waals surface area contributed by atoms with Crippen LogP contribution in [-0.4, -0.2) is 28.2 Å². The monoisotopic (exact) mass is 312 g/mol. The van der Waals surface area contributed by atoms with Crippen molar-refractivity contribution in [3.63, 3.8) is 0 Å². The Morgan fingerprint density at radius 3 is 2.83 bits per heavy atom. The number of aromatic amines is 1. The number of H-pyrrole nitrogens is 1. The summed E-state index contributed by atoms with van der Waals surface area (Å²) in [6, 6.07) is 9.58. The number of anilines is 2. The Morgan fingerprint density at radius 2 is 2.09 bits per heavy atom. The van der Waals surface area contributed by atoms with Gasteiger partial charge in [-0.25, -0.2) is 4.79 Å². The molecule has 2 N–H and O–H groups in total. The second-order valence-corrected chi connectivity index (χ2v) is 4.71. The fourth-order valence-electron chi connectivity index (χ4n) is 2.32. The van der Waals surface area contributed by atoms with Crippen LogP contribution in [0.4, 0.5) is 17.1 Å². The minimum Gasteiger partial charge on any atom is -0.465 e. The van der Waals surface area contributed by atoms with Crippen LogP contribution in [0, 0.1) is 10.1 Å². The second kappa shape index (κ2) is 5.76. The molecule has 0 saturated heterocycles. The van der Waals surface area contributed by atoms with Crippen molar-refractivity contribution < 1.29 is 14.5 Å².